The molecule has 7 heteroatoms. The quantitative estimate of drug-likeness (QED) is 0.849. The van der Waals surface area contributed by atoms with Gasteiger partial charge in [0.2, 0.25) is 0 Å². The number of carbonyl (C=O) groups excluding carboxylic acids is 1. The lowest BCUT2D eigenvalue weighted by molar-refractivity contribution is 0.102. The van der Waals surface area contributed by atoms with Crippen molar-refractivity contribution in [3.63, 3.8) is 0 Å². The SMILES string of the molecule is CS(=O)(=O)c1ccc(C(=O)Nc2c(N)cccc2F)cc1. The van der Waals surface area contributed by atoms with Crippen LogP contribution in [0.15, 0.2) is 47.4 Å². The van der Waals surface area contributed by atoms with Crippen LogP contribution in [-0.4, -0.2) is 20.6 Å². The number of amides is 1. The van der Waals surface area contributed by atoms with E-state index in [0.717, 1.165) is 6.26 Å². The first-order valence-electron chi connectivity index (χ1n) is 5.94. The molecule has 5 nitrogen and oxygen atoms in total. The minimum absolute atomic E-state index is 0.101. The normalized spacial score (nSPS) is 11.1. The van der Waals surface area contributed by atoms with Gasteiger partial charge in [0.15, 0.2) is 9.84 Å². The third-order valence-electron chi connectivity index (χ3n) is 2.83. The molecule has 0 aliphatic rings. The van der Waals surface area contributed by atoms with E-state index in [0.29, 0.717) is 0 Å². The Hall–Kier alpha value is -2.41. The lowest BCUT2D eigenvalue weighted by Gasteiger charge is -2.09. The second kappa shape index (κ2) is 5.53. The van der Waals surface area contributed by atoms with Crippen LogP contribution >= 0.6 is 0 Å². The summed E-state index contributed by atoms with van der Waals surface area (Å²) in [7, 11) is -3.33. The fourth-order valence-corrected chi connectivity index (χ4v) is 2.34. The Kier molecular flexibility index (Phi) is 3.95. The Morgan fingerprint density at radius 3 is 2.29 bits per heavy atom. The number of rotatable bonds is 3. The van der Waals surface area contributed by atoms with Crippen molar-refractivity contribution in [3.8, 4) is 0 Å². The molecule has 0 saturated carbocycles. The molecule has 21 heavy (non-hydrogen) atoms. The van der Waals surface area contributed by atoms with Crippen molar-refractivity contribution in [3.05, 3.63) is 53.8 Å². The van der Waals surface area contributed by atoms with E-state index in [-0.39, 0.29) is 21.8 Å². The predicted molar refractivity (Wildman–Crippen MR) is 78.3 cm³/mol. The molecular weight excluding hydrogens is 295 g/mol. The predicted octanol–water partition coefficient (Wildman–Crippen LogP) is 2.06. The summed E-state index contributed by atoms with van der Waals surface area (Å²) in [6.45, 7) is 0. The summed E-state index contributed by atoms with van der Waals surface area (Å²) in [5.41, 5.74) is 5.80. The Bertz CT molecular complexity index is 766. The van der Waals surface area contributed by atoms with Crippen LogP contribution in [0.5, 0.6) is 0 Å². The van der Waals surface area contributed by atoms with Gasteiger partial charge < -0.3 is 11.1 Å². The van der Waals surface area contributed by atoms with E-state index in [4.69, 9.17) is 5.73 Å². The molecule has 0 spiro atoms. The van der Waals surface area contributed by atoms with E-state index >= 15 is 0 Å². The molecule has 0 bridgehead atoms. The summed E-state index contributed by atoms with van der Waals surface area (Å²) >= 11 is 0. The Morgan fingerprint density at radius 2 is 1.76 bits per heavy atom. The smallest absolute Gasteiger partial charge is 0.255 e. The number of halogens is 1. The van der Waals surface area contributed by atoms with Gasteiger partial charge in [0.05, 0.1) is 10.6 Å². The lowest BCUT2D eigenvalue weighted by Crippen LogP contribution is -2.14. The average Bonchev–Trinajstić information content (AvgIpc) is 2.42. The molecule has 0 radical (unpaired) electrons. The maximum absolute atomic E-state index is 13.6. The molecule has 2 aromatic rings. The number of sulfone groups is 1. The number of hydrogen-bond donors (Lipinski definition) is 2. The molecule has 1 amide bonds. The molecule has 0 unspecified atom stereocenters. The molecule has 0 aliphatic carbocycles. The molecule has 0 aromatic heterocycles. The standard InChI is InChI=1S/C14H13FN2O3S/c1-21(19,20)10-7-5-9(6-8-10)14(18)17-13-11(15)3-2-4-12(13)16/h2-8H,16H2,1H3,(H,17,18). The number of nitrogens with two attached hydrogens (primary N) is 1. The van der Waals surface area contributed by atoms with E-state index in [9.17, 15) is 17.6 Å². The zero-order valence-corrected chi connectivity index (χ0v) is 11.9. The molecule has 2 aromatic carbocycles. The van der Waals surface area contributed by atoms with Gasteiger partial charge in [-0.3, -0.25) is 4.79 Å². The highest BCUT2D eigenvalue weighted by atomic mass is 32.2. The molecular formula is C14H13FN2O3S. The molecule has 0 heterocycles. The monoisotopic (exact) mass is 308 g/mol. The van der Waals surface area contributed by atoms with Gasteiger partial charge in [-0.05, 0) is 36.4 Å². The van der Waals surface area contributed by atoms with E-state index in [1.165, 1.54) is 42.5 Å². The number of carbonyl (C=O) groups is 1. The fraction of sp³-hybridized carbons (Fsp3) is 0.0714. The molecule has 0 aliphatic heterocycles. The lowest BCUT2D eigenvalue weighted by atomic mass is 10.2. The van der Waals surface area contributed by atoms with Gasteiger partial charge in [-0.1, -0.05) is 6.07 Å². The number of nitrogens with one attached hydrogen (secondary N) is 1. The van der Waals surface area contributed by atoms with Crippen molar-refractivity contribution < 1.29 is 17.6 Å². The van der Waals surface area contributed by atoms with Crippen molar-refractivity contribution >= 4 is 27.1 Å². The Labute approximate surface area is 121 Å². The number of benzene rings is 2. The van der Waals surface area contributed by atoms with Crippen molar-refractivity contribution in [2.75, 3.05) is 17.3 Å². The highest BCUT2D eigenvalue weighted by molar-refractivity contribution is 7.90. The third-order valence-corrected chi connectivity index (χ3v) is 3.96. The Balaban J connectivity index is 2.25. The van der Waals surface area contributed by atoms with E-state index in [1.807, 2.05) is 0 Å². The molecule has 2 rings (SSSR count). The van der Waals surface area contributed by atoms with Gasteiger partial charge in [0.1, 0.15) is 11.5 Å². The van der Waals surface area contributed by atoms with Crippen molar-refractivity contribution in [2.24, 2.45) is 0 Å². The van der Waals surface area contributed by atoms with Gasteiger partial charge in [-0.15, -0.1) is 0 Å². The molecule has 3 N–H and O–H groups in total. The summed E-state index contributed by atoms with van der Waals surface area (Å²) in [5, 5.41) is 2.36. The number of hydrogen-bond acceptors (Lipinski definition) is 4. The van der Waals surface area contributed by atoms with E-state index < -0.39 is 21.6 Å². The maximum Gasteiger partial charge on any atom is 0.255 e. The first-order chi connectivity index (χ1) is 9.79. The van der Waals surface area contributed by atoms with Crippen LogP contribution in [0.25, 0.3) is 0 Å². The number of para-hydroxylation sites is 1. The van der Waals surface area contributed by atoms with Crippen molar-refractivity contribution in [1.29, 1.82) is 0 Å². The van der Waals surface area contributed by atoms with Crippen LogP contribution in [-0.2, 0) is 9.84 Å². The van der Waals surface area contributed by atoms with Crippen LogP contribution in [0.4, 0.5) is 15.8 Å². The zero-order valence-electron chi connectivity index (χ0n) is 11.1. The van der Waals surface area contributed by atoms with Crippen LogP contribution in [0.3, 0.4) is 0 Å². The van der Waals surface area contributed by atoms with Crippen molar-refractivity contribution in [2.45, 2.75) is 4.90 Å². The summed E-state index contributed by atoms with van der Waals surface area (Å²) < 4.78 is 36.2. The molecule has 0 atom stereocenters. The van der Waals surface area contributed by atoms with Crippen molar-refractivity contribution in [1.82, 2.24) is 0 Å². The molecule has 110 valence electrons. The minimum Gasteiger partial charge on any atom is -0.397 e. The van der Waals surface area contributed by atoms with Crippen LogP contribution in [0, 0.1) is 5.82 Å². The Morgan fingerprint density at radius 1 is 1.14 bits per heavy atom. The first kappa shape index (κ1) is 15.0. The average molecular weight is 308 g/mol. The first-order valence-corrected chi connectivity index (χ1v) is 7.83. The largest absolute Gasteiger partial charge is 0.397 e. The molecule has 0 saturated heterocycles. The third kappa shape index (κ3) is 3.38. The summed E-state index contributed by atoms with van der Waals surface area (Å²) in [4.78, 5) is 12.1. The van der Waals surface area contributed by atoms with Crippen LogP contribution < -0.4 is 11.1 Å². The van der Waals surface area contributed by atoms with Gasteiger partial charge >= 0.3 is 0 Å². The number of anilines is 2. The minimum atomic E-state index is -3.33. The fourth-order valence-electron chi connectivity index (χ4n) is 1.71. The van der Waals surface area contributed by atoms with Gasteiger partial charge in [-0.2, -0.15) is 0 Å². The highest BCUT2D eigenvalue weighted by Crippen LogP contribution is 2.22. The van der Waals surface area contributed by atoms with E-state index in [2.05, 4.69) is 5.32 Å². The topological polar surface area (TPSA) is 89.3 Å². The zero-order chi connectivity index (χ0) is 15.6. The summed E-state index contributed by atoms with van der Waals surface area (Å²) in [5.74, 6) is -1.22. The van der Waals surface area contributed by atoms with Gasteiger partial charge in [0.25, 0.3) is 5.91 Å². The van der Waals surface area contributed by atoms with Gasteiger partial charge in [0, 0.05) is 11.8 Å². The second-order valence-corrected chi connectivity index (χ2v) is 6.47. The van der Waals surface area contributed by atoms with Crippen LogP contribution in [0.1, 0.15) is 10.4 Å². The number of nitrogen functional groups attached to an aromatic ring is 1. The van der Waals surface area contributed by atoms with Crippen LogP contribution in [0.2, 0.25) is 0 Å². The summed E-state index contributed by atoms with van der Waals surface area (Å²) in [6, 6.07) is 9.40. The second-order valence-electron chi connectivity index (χ2n) is 4.45. The van der Waals surface area contributed by atoms with Gasteiger partial charge in [-0.25, -0.2) is 12.8 Å². The van der Waals surface area contributed by atoms with E-state index in [1.54, 1.807) is 0 Å². The summed E-state index contributed by atoms with van der Waals surface area (Å²) in [6.07, 6.45) is 1.07. The highest BCUT2D eigenvalue weighted by Gasteiger charge is 2.13. The molecule has 0 fully saturated rings. The maximum atomic E-state index is 13.6.